The van der Waals surface area contributed by atoms with Crippen LogP contribution in [0.4, 0.5) is 0 Å². The molecule has 2 rings (SSSR count). The Hall–Kier alpha value is -2.83. The number of ether oxygens (including phenoxy) is 2. The molecule has 2 aromatic rings. The van der Waals surface area contributed by atoms with E-state index in [9.17, 15) is 14.4 Å². The summed E-state index contributed by atoms with van der Waals surface area (Å²) in [6, 6.07) is 6.44. The SMILES string of the molecule is CCC(C)C(NC(=O)COC(=O)c1oc2ccccc2c1C)C(=O)OC. The number of benzene rings is 1. The highest BCUT2D eigenvalue weighted by Gasteiger charge is 2.27. The van der Waals surface area contributed by atoms with Crippen LogP contribution in [-0.2, 0) is 19.1 Å². The van der Waals surface area contributed by atoms with Crippen LogP contribution in [0.5, 0.6) is 0 Å². The Balaban J connectivity index is 2.00. The van der Waals surface area contributed by atoms with E-state index in [0.29, 0.717) is 17.6 Å². The second kappa shape index (κ2) is 8.51. The van der Waals surface area contributed by atoms with Crippen LogP contribution in [0.3, 0.4) is 0 Å². The minimum absolute atomic E-state index is 0.0606. The molecule has 0 aliphatic heterocycles. The van der Waals surface area contributed by atoms with Crippen molar-refractivity contribution in [3.05, 3.63) is 35.6 Å². The molecule has 0 aliphatic carbocycles. The van der Waals surface area contributed by atoms with E-state index in [1.54, 1.807) is 19.1 Å². The number of hydrogen-bond donors (Lipinski definition) is 1. The summed E-state index contributed by atoms with van der Waals surface area (Å²) in [5.41, 5.74) is 1.22. The van der Waals surface area contributed by atoms with E-state index in [4.69, 9.17) is 13.9 Å². The number of aryl methyl sites for hydroxylation is 1. The summed E-state index contributed by atoms with van der Waals surface area (Å²) in [7, 11) is 1.26. The van der Waals surface area contributed by atoms with Gasteiger partial charge in [-0.25, -0.2) is 9.59 Å². The van der Waals surface area contributed by atoms with Crippen LogP contribution >= 0.6 is 0 Å². The van der Waals surface area contributed by atoms with Crippen molar-refractivity contribution in [3.63, 3.8) is 0 Å². The summed E-state index contributed by atoms with van der Waals surface area (Å²) in [6.07, 6.45) is 0.679. The van der Waals surface area contributed by atoms with Gasteiger partial charge >= 0.3 is 11.9 Å². The average Bonchev–Trinajstić information content (AvgIpc) is 3.00. The quantitative estimate of drug-likeness (QED) is 0.762. The zero-order valence-corrected chi connectivity index (χ0v) is 15.3. The number of hydrogen-bond acceptors (Lipinski definition) is 6. The molecule has 0 aliphatic rings. The molecule has 1 aromatic carbocycles. The van der Waals surface area contributed by atoms with Gasteiger partial charge in [-0.3, -0.25) is 4.79 Å². The van der Waals surface area contributed by atoms with Crippen molar-refractivity contribution in [1.82, 2.24) is 5.32 Å². The van der Waals surface area contributed by atoms with Gasteiger partial charge in [-0.15, -0.1) is 0 Å². The van der Waals surface area contributed by atoms with Crippen LogP contribution in [0.15, 0.2) is 28.7 Å². The van der Waals surface area contributed by atoms with Gasteiger partial charge in [0.15, 0.2) is 6.61 Å². The van der Waals surface area contributed by atoms with E-state index in [-0.39, 0.29) is 11.7 Å². The molecule has 2 unspecified atom stereocenters. The van der Waals surface area contributed by atoms with Crippen molar-refractivity contribution in [1.29, 1.82) is 0 Å². The molecule has 0 bridgehead atoms. The van der Waals surface area contributed by atoms with Crippen LogP contribution in [0.2, 0.25) is 0 Å². The Bertz CT molecular complexity index is 809. The number of nitrogens with one attached hydrogen (secondary N) is 1. The molecule has 0 radical (unpaired) electrons. The van der Waals surface area contributed by atoms with Gasteiger partial charge in [0.25, 0.3) is 5.91 Å². The number of fused-ring (bicyclic) bond motifs is 1. The summed E-state index contributed by atoms with van der Waals surface area (Å²) < 4.78 is 15.2. The summed E-state index contributed by atoms with van der Waals surface area (Å²) in [5.74, 6) is -1.90. The first-order chi connectivity index (χ1) is 12.4. The molecule has 26 heavy (non-hydrogen) atoms. The molecule has 1 heterocycles. The van der Waals surface area contributed by atoms with Crippen molar-refractivity contribution in [2.75, 3.05) is 13.7 Å². The maximum atomic E-state index is 12.2. The highest BCUT2D eigenvalue weighted by molar-refractivity contribution is 5.97. The average molecular weight is 361 g/mol. The summed E-state index contributed by atoms with van der Waals surface area (Å²) in [6.45, 7) is 4.96. The van der Waals surface area contributed by atoms with Gasteiger partial charge in [-0.05, 0) is 18.9 Å². The first-order valence-electron chi connectivity index (χ1n) is 8.41. The predicted molar refractivity (Wildman–Crippen MR) is 94.6 cm³/mol. The molecule has 0 saturated heterocycles. The van der Waals surface area contributed by atoms with E-state index in [1.807, 2.05) is 26.0 Å². The highest BCUT2D eigenvalue weighted by atomic mass is 16.5. The number of para-hydroxylation sites is 1. The molecular weight excluding hydrogens is 338 g/mol. The second-order valence-electron chi connectivity index (χ2n) is 6.08. The van der Waals surface area contributed by atoms with Gasteiger partial charge < -0.3 is 19.2 Å². The van der Waals surface area contributed by atoms with Crippen molar-refractivity contribution >= 4 is 28.8 Å². The van der Waals surface area contributed by atoms with E-state index in [2.05, 4.69) is 5.32 Å². The van der Waals surface area contributed by atoms with Gasteiger partial charge in [-0.1, -0.05) is 38.5 Å². The number of carbonyl (C=O) groups is 3. The molecule has 2 atom stereocenters. The lowest BCUT2D eigenvalue weighted by atomic mass is 9.99. The number of esters is 2. The first kappa shape index (κ1) is 19.5. The molecule has 1 aromatic heterocycles. The molecule has 1 amide bonds. The minimum Gasteiger partial charge on any atom is -0.467 e. The minimum atomic E-state index is -0.788. The number of furan rings is 1. The fraction of sp³-hybridized carbons (Fsp3) is 0.421. The van der Waals surface area contributed by atoms with Gasteiger partial charge in [0.05, 0.1) is 7.11 Å². The lowest BCUT2D eigenvalue weighted by molar-refractivity contribution is -0.147. The number of amides is 1. The zero-order chi connectivity index (χ0) is 19.3. The molecule has 0 fully saturated rings. The standard InChI is InChI=1S/C19H23NO6/c1-5-11(2)16(18(22)24-4)20-15(21)10-25-19(23)17-12(3)13-8-6-7-9-14(13)26-17/h6-9,11,16H,5,10H2,1-4H3,(H,20,21). The molecular formula is C19H23NO6. The lowest BCUT2D eigenvalue weighted by Crippen LogP contribution is -2.47. The fourth-order valence-electron chi connectivity index (χ4n) is 2.58. The monoisotopic (exact) mass is 361 g/mol. The summed E-state index contributed by atoms with van der Waals surface area (Å²) >= 11 is 0. The van der Waals surface area contributed by atoms with Gasteiger partial charge in [0, 0.05) is 10.9 Å². The third-order valence-corrected chi connectivity index (χ3v) is 4.35. The van der Waals surface area contributed by atoms with Crippen molar-refractivity contribution < 1.29 is 28.3 Å². The Morgan fingerprint density at radius 3 is 2.54 bits per heavy atom. The van der Waals surface area contributed by atoms with Crippen LogP contribution < -0.4 is 5.32 Å². The molecule has 7 heteroatoms. The topological polar surface area (TPSA) is 94.8 Å². The lowest BCUT2D eigenvalue weighted by Gasteiger charge is -2.21. The van der Waals surface area contributed by atoms with E-state index in [1.165, 1.54) is 7.11 Å². The van der Waals surface area contributed by atoms with Crippen LogP contribution in [0, 0.1) is 12.8 Å². The fourth-order valence-corrected chi connectivity index (χ4v) is 2.58. The van der Waals surface area contributed by atoms with Gasteiger partial charge in [0.1, 0.15) is 11.6 Å². The van der Waals surface area contributed by atoms with Crippen molar-refractivity contribution in [2.24, 2.45) is 5.92 Å². The normalized spacial score (nSPS) is 13.1. The van der Waals surface area contributed by atoms with Gasteiger partial charge in [-0.2, -0.15) is 0 Å². The Morgan fingerprint density at radius 2 is 1.92 bits per heavy atom. The predicted octanol–water partition coefficient (Wildman–Crippen LogP) is 2.60. The van der Waals surface area contributed by atoms with E-state index >= 15 is 0 Å². The molecule has 1 N–H and O–H groups in total. The second-order valence-corrected chi connectivity index (χ2v) is 6.08. The number of carbonyl (C=O) groups excluding carboxylic acids is 3. The van der Waals surface area contributed by atoms with E-state index in [0.717, 1.165) is 5.39 Å². The Labute approximate surface area is 151 Å². The van der Waals surface area contributed by atoms with Crippen molar-refractivity contribution in [3.8, 4) is 0 Å². The van der Waals surface area contributed by atoms with Crippen LogP contribution in [0.25, 0.3) is 11.0 Å². The molecule has 0 saturated carbocycles. The Kier molecular flexibility index (Phi) is 6.38. The third-order valence-electron chi connectivity index (χ3n) is 4.35. The van der Waals surface area contributed by atoms with Crippen LogP contribution in [-0.4, -0.2) is 37.6 Å². The summed E-state index contributed by atoms with van der Waals surface area (Å²) in [5, 5.41) is 3.36. The smallest absolute Gasteiger partial charge is 0.375 e. The van der Waals surface area contributed by atoms with Gasteiger partial charge in [0.2, 0.25) is 5.76 Å². The molecule has 0 spiro atoms. The third kappa shape index (κ3) is 4.22. The Morgan fingerprint density at radius 1 is 1.23 bits per heavy atom. The number of methoxy groups -OCH3 is 1. The van der Waals surface area contributed by atoms with Crippen LogP contribution in [0.1, 0.15) is 36.4 Å². The van der Waals surface area contributed by atoms with Crippen molar-refractivity contribution in [2.45, 2.75) is 33.2 Å². The molecule has 7 nitrogen and oxygen atoms in total. The highest BCUT2D eigenvalue weighted by Crippen LogP contribution is 2.25. The first-order valence-corrected chi connectivity index (χ1v) is 8.41. The number of rotatable bonds is 7. The maximum absolute atomic E-state index is 12.2. The summed E-state index contributed by atoms with van der Waals surface area (Å²) in [4.78, 5) is 36.1. The largest absolute Gasteiger partial charge is 0.467 e. The maximum Gasteiger partial charge on any atom is 0.375 e. The van der Waals surface area contributed by atoms with E-state index < -0.39 is 30.5 Å². The zero-order valence-electron chi connectivity index (χ0n) is 15.3. The molecule has 140 valence electrons.